The van der Waals surface area contributed by atoms with Crippen LogP contribution in [-0.2, 0) is 0 Å². The molecule has 3 nitrogen and oxygen atoms in total. The fraction of sp³-hybridized carbons (Fsp3) is 0.125. The van der Waals surface area contributed by atoms with E-state index >= 15 is 0 Å². The van der Waals surface area contributed by atoms with Crippen molar-refractivity contribution < 1.29 is 4.52 Å². The van der Waals surface area contributed by atoms with E-state index < -0.39 is 0 Å². The van der Waals surface area contributed by atoms with Crippen molar-refractivity contribution >= 4 is 28.3 Å². The van der Waals surface area contributed by atoms with E-state index in [9.17, 15) is 0 Å². The highest BCUT2D eigenvalue weighted by molar-refractivity contribution is 6.35. The van der Waals surface area contributed by atoms with Crippen LogP contribution in [-0.4, -0.2) is 5.16 Å². The number of nitrogen functional groups attached to an aromatic ring is 1. The number of hydrogen-bond acceptors (Lipinski definition) is 3. The lowest BCUT2D eigenvalue weighted by Gasteiger charge is -1.94. The monoisotopic (exact) mass is 182 g/mol. The molecule has 0 amide bonds. The molecule has 0 unspecified atom stereocenters. The molecule has 4 heteroatoms. The fourth-order valence-electron chi connectivity index (χ4n) is 1.17. The number of fused-ring (bicyclic) bond motifs is 1. The van der Waals surface area contributed by atoms with Gasteiger partial charge in [-0.2, -0.15) is 0 Å². The van der Waals surface area contributed by atoms with Crippen molar-refractivity contribution in [3.05, 3.63) is 22.8 Å². The van der Waals surface area contributed by atoms with Crippen LogP contribution in [0, 0.1) is 6.92 Å². The molecule has 0 fully saturated rings. The van der Waals surface area contributed by atoms with Crippen molar-refractivity contribution in [2.24, 2.45) is 0 Å². The van der Waals surface area contributed by atoms with Crippen LogP contribution in [0.1, 0.15) is 5.69 Å². The summed E-state index contributed by atoms with van der Waals surface area (Å²) >= 11 is 5.92. The summed E-state index contributed by atoms with van der Waals surface area (Å²) in [4.78, 5) is 0. The Bertz CT molecular complexity index is 436. The van der Waals surface area contributed by atoms with Gasteiger partial charge in [0.1, 0.15) is 0 Å². The molecule has 0 saturated carbocycles. The number of aryl methyl sites for hydroxylation is 1. The molecule has 1 aromatic heterocycles. The van der Waals surface area contributed by atoms with Crippen LogP contribution in [0.15, 0.2) is 16.7 Å². The third-order valence-electron chi connectivity index (χ3n) is 1.77. The Morgan fingerprint density at radius 3 is 2.92 bits per heavy atom. The van der Waals surface area contributed by atoms with Gasteiger partial charge in [-0.25, -0.2) is 0 Å². The summed E-state index contributed by atoms with van der Waals surface area (Å²) in [6.07, 6.45) is 0. The van der Waals surface area contributed by atoms with E-state index in [2.05, 4.69) is 5.16 Å². The van der Waals surface area contributed by atoms with Gasteiger partial charge < -0.3 is 10.3 Å². The quantitative estimate of drug-likeness (QED) is 0.637. The average molecular weight is 183 g/mol. The van der Waals surface area contributed by atoms with Gasteiger partial charge in [0.05, 0.1) is 21.8 Å². The van der Waals surface area contributed by atoms with E-state index in [1.807, 2.05) is 6.92 Å². The van der Waals surface area contributed by atoms with Gasteiger partial charge in [0, 0.05) is 0 Å². The van der Waals surface area contributed by atoms with E-state index in [4.69, 9.17) is 21.9 Å². The third kappa shape index (κ3) is 0.865. The molecule has 0 aliphatic rings. The van der Waals surface area contributed by atoms with Crippen LogP contribution in [0.2, 0.25) is 5.02 Å². The Kier molecular flexibility index (Phi) is 1.48. The molecule has 1 heterocycles. The van der Waals surface area contributed by atoms with Gasteiger partial charge in [0.25, 0.3) is 0 Å². The summed E-state index contributed by atoms with van der Waals surface area (Å²) in [7, 11) is 0. The lowest BCUT2D eigenvalue weighted by atomic mass is 10.2. The highest BCUT2D eigenvalue weighted by Gasteiger charge is 2.10. The van der Waals surface area contributed by atoms with Crippen molar-refractivity contribution in [1.82, 2.24) is 5.16 Å². The summed E-state index contributed by atoms with van der Waals surface area (Å²) in [5.41, 5.74) is 7.55. The number of nitrogens with two attached hydrogens (primary N) is 1. The molecule has 2 rings (SSSR count). The molecule has 2 aromatic rings. The summed E-state index contributed by atoms with van der Waals surface area (Å²) in [5, 5.41) is 5.20. The minimum atomic E-state index is 0.565. The van der Waals surface area contributed by atoms with Crippen molar-refractivity contribution in [2.45, 2.75) is 6.92 Å². The van der Waals surface area contributed by atoms with Gasteiger partial charge >= 0.3 is 0 Å². The molecule has 0 saturated heterocycles. The van der Waals surface area contributed by atoms with E-state index in [-0.39, 0.29) is 0 Å². The summed E-state index contributed by atoms with van der Waals surface area (Å²) in [6.45, 7) is 1.83. The average Bonchev–Trinajstić information content (AvgIpc) is 2.42. The second-order valence-corrected chi connectivity index (χ2v) is 3.02. The van der Waals surface area contributed by atoms with Gasteiger partial charge in [0.2, 0.25) is 0 Å². The topological polar surface area (TPSA) is 52.0 Å². The maximum Gasteiger partial charge on any atom is 0.191 e. The van der Waals surface area contributed by atoms with Crippen LogP contribution in [0.3, 0.4) is 0 Å². The zero-order valence-corrected chi connectivity index (χ0v) is 7.22. The highest BCUT2D eigenvalue weighted by Crippen LogP contribution is 2.30. The number of nitrogens with zero attached hydrogens (tertiary/aromatic N) is 1. The SMILES string of the molecule is Cc1noc2c(N)ccc(Cl)c12. The Morgan fingerprint density at radius 1 is 1.50 bits per heavy atom. The van der Waals surface area contributed by atoms with Gasteiger partial charge in [0.15, 0.2) is 5.58 Å². The number of hydrogen-bond donors (Lipinski definition) is 1. The molecule has 0 atom stereocenters. The first-order valence-electron chi connectivity index (χ1n) is 3.50. The van der Waals surface area contributed by atoms with Crippen LogP contribution in [0.25, 0.3) is 11.0 Å². The first-order chi connectivity index (χ1) is 5.70. The minimum Gasteiger partial charge on any atom is -0.396 e. The molecule has 62 valence electrons. The van der Waals surface area contributed by atoms with Crippen LogP contribution >= 0.6 is 11.6 Å². The van der Waals surface area contributed by atoms with E-state index in [1.54, 1.807) is 12.1 Å². The summed E-state index contributed by atoms with van der Waals surface area (Å²) in [6, 6.07) is 3.44. The molecule has 0 spiro atoms. The largest absolute Gasteiger partial charge is 0.396 e. The van der Waals surface area contributed by atoms with Crippen molar-refractivity contribution in [3.63, 3.8) is 0 Å². The Morgan fingerprint density at radius 2 is 2.25 bits per heavy atom. The van der Waals surface area contributed by atoms with Gasteiger partial charge in [-0.1, -0.05) is 16.8 Å². The van der Waals surface area contributed by atoms with Gasteiger partial charge in [-0.15, -0.1) is 0 Å². The fourth-order valence-corrected chi connectivity index (χ4v) is 1.46. The van der Waals surface area contributed by atoms with Crippen LogP contribution < -0.4 is 5.73 Å². The Balaban J connectivity index is 2.98. The minimum absolute atomic E-state index is 0.565. The molecule has 0 aliphatic heterocycles. The van der Waals surface area contributed by atoms with Crippen LogP contribution in [0.4, 0.5) is 5.69 Å². The molecular formula is C8H7ClN2O. The zero-order chi connectivity index (χ0) is 8.72. The number of aromatic nitrogens is 1. The van der Waals surface area contributed by atoms with E-state index in [0.29, 0.717) is 16.3 Å². The Labute approximate surface area is 74.1 Å². The maximum atomic E-state index is 5.92. The van der Waals surface area contributed by atoms with Crippen molar-refractivity contribution in [1.29, 1.82) is 0 Å². The lowest BCUT2D eigenvalue weighted by molar-refractivity contribution is 0.451. The van der Waals surface area contributed by atoms with Crippen molar-refractivity contribution in [3.8, 4) is 0 Å². The number of rotatable bonds is 0. The molecule has 12 heavy (non-hydrogen) atoms. The zero-order valence-electron chi connectivity index (χ0n) is 6.47. The standard InChI is InChI=1S/C8H7ClN2O/c1-4-7-5(9)2-3-6(10)8(7)12-11-4/h2-3H,10H2,1H3. The smallest absolute Gasteiger partial charge is 0.191 e. The maximum absolute atomic E-state index is 5.92. The first kappa shape index (κ1) is 7.43. The molecule has 0 bridgehead atoms. The van der Waals surface area contributed by atoms with Crippen molar-refractivity contribution in [2.75, 3.05) is 5.73 Å². The second-order valence-electron chi connectivity index (χ2n) is 2.61. The van der Waals surface area contributed by atoms with Gasteiger partial charge in [-0.05, 0) is 19.1 Å². The predicted octanol–water partition coefficient (Wildman–Crippen LogP) is 2.37. The van der Waals surface area contributed by atoms with Crippen LogP contribution in [0.5, 0.6) is 0 Å². The predicted molar refractivity (Wildman–Crippen MR) is 48.2 cm³/mol. The summed E-state index contributed by atoms with van der Waals surface area (Å²) < 4.78 is 5.00. The molecule has 0 aliphatic carbocycles. The second kappa shape index (κ2) is 2.38. The normalized spacial score (nSPS) is 10.8. The number of halogens is 1. The molecular weight excluding hydrogens is 176 g/mol. The molecule has 1 aromatic carbocycles. The van der Waals surface area contributed by atoms with Gasteiger partial charge in [-0.3, -0.25) is 0 Å². The van der Waals surface area contributed by atoms with E-state index in [1.165, 1.54) is 0 Å². The lowest BCUT2D eigenvalue weighted by Crippen LogP contribution is -1.84. The molecule has 0 radical (unpaired) electrons. The van der Waals surface area contributed by atoms with E-state index in [0.717, 1.165) is 11.1 Å². The Hall–Kier alpha value is -1.22. The first-order valence-corrected chi connectivity index (χ1v) is 3.88. The third-order valence-corrected chi connectivity index (χ3v) is 2.09. The molecule has 2 N–H and O–H groups in total. The number of benzene rings is 1. The summed E-state index contributed by atoms with van der Waals surface area (Å²) in [5.74, 6) is 0. The number of anilines is 1. The highest BCUT2D eigenvalue weighted by atomic mass is 35.5.